The fourth-order valence-corrected chi connectivity index (χ4v) is 1.69. The lowest BCUT2D eigenvalue weighted by Crippen LogP contribution is -2.37. The monoisotopic (exact) mass is 372 g/mol. The van der Waals surface area contributed by atoms with Gasteiger partial charge in [0.15, 0.2) is 0 Å². The van der Waals surface area contributed by atoms with Crippen molar-refractivity contribution in [2.24, 2.45) is 22.7 Å². The van der Waals surface area contributed by atoms with E-state index in [2.05, 4.69) is 0 Å². The minimum Gasteiger partial charge on any atom is -0.465 e. The Morgan fingerprint density at radius 2 is 1.12 bits per heavy atom. The second kappa shape index (κ2) is 10.5. The number of carbonyl (C=O) groups excluding carboxylic acids is 3. The highest BCUT2D eigenvalue weighted by atomic mass is 16.6. The molecule has 0 aromatic carbocycles. The molecule has 0 radical (unpaired) electrons. The van der Waals surface area contributed by atoms with Gasteiger partial charge in [-0.3, -0.25) is 14.4 Å². The summed E-state index contributed by atoms with van der Waals surface area (Å²) < 4.78 is 15.9. The van der Waals surface area contributed by atoms with Gasteiger partial charge in [0.2, 0.25) is 0 Å². The van der Waals surface area contributed by atoms with Crippen molar-refractivity contribution >= 4 is 17.9 Å². The van der Waals surface area contributed by atoms with Gasteiger partial charge in [0.25, 0.3) is 0 Å². The van der Waals surface area contributed by atoms with Gasteiger partial charge in [0, 0.05) is 5.41 Å². The first-order valence-corrected chi connectivity index (χ1v) is 9.36. The van der Waals surface area contributed by atoms with E-state index in [0.29, 0.717) is 6.42 Å². The molecule has 6 nitrogen and oxygen atoms in total. The highest BCUT2D eigenvalue weighted by Gasteiger charge is 2.34. The zero-order valence-electron chi connectivity index (χ0n) is 17.6. The van der Waals surface area contributed by atoms with Crippen molar-refractivity contribution in [1.29, 1.82) is 0 Å². The van der Waals surface area contributed by atoms with Crippen LogP contribution in [0.3, 0.4) is 0 Å². The Bertz CT molecular complexity index is 481. The average Bonchev–Trinajstić information content (AvgIpc) is 2.60. The van der Waals surface area contributed by atoms with Gasteiger partial charge in [0.1, 0.15) is 6.61 Å². The van der Waals surface area contributed by atoms with E-state index in [1.165, 1.54) is 0 Å². The van der Waals surface area contributed by atoms with Crippen LogP contribution in [0.25, 0.3) is 0 Å². The van der Waals surface area contributed by atoms with Gasteiger partial charge >= 0.3 is 17.9 Å². The Morgan fingerprint density at radius 3 is 1.54 bits per heavy atom. The lowest BCUT2D eigenvalue weighted by Gasteiger charge is -2.28. The Kier molecular flexibility index (Phi) is 9.89. The summed E-state index contributed by atoms with van der Waals surface area (Å²) in [6.07, 6.45) is 1.41. The normalized spacial score (nSPS) is 14.3. The molecule has 0 aliphatic heterocycles. The summed E-state index contributed by atoms with van der Waals surface area (Å²) in [4.78, 5) is 35.9. The van der Waals surface area contributed by atoms with E-state index < -0.39 is 16.8 Å². The SMILES string of the molecule is CCC(C)C(=O)OCC(C)(C)COC(=O)C(C)(C)COC(=O)C(C)CC. The van der Waals surface area contributed by atoms with Crippen molar-refractivity contribution in [2.45, 2.75) is 68.2 Å². The third-order valence-corrected chi connectivity index (χ3v) is 4.36. The van der Waals surface area contributed by atoms with Crippen molar-refractivity contribution in [1.82, 2.24) is 0 Å². The number of ether oxygens (including phenoxy) is 3. The van der Waals surface area contributed by atoms with Crippen LogP contribution in [-0.4, -0.2) is 37.7 Å². The molecule has 0 aliphatic rings. The molecule has 0 spiro atoms. The highest BCUT2D eigenvalue weighted by molar-refractivity contribution is 5.77. The van der Waals surface area contributed by atoms with Gasteiger partial charge in [-0.05, 0) is 26.7 Å². The fraction of sp³-hybridized carbons (Fsp3) is 0.850. The minimum absolute atomic E-state index is 0.0293. The summed E-state index contributed by atoms with van der Waals surface area (Å²) in [5.41, 5.74) is -1.44. The van der Waals surface area contributed by atoms with Crippen molar-refractivity contribution in [3.8, 4) is 0 Å². The van der Waals surface area contributed by atoms with Gasteiger partial charge < -0.3 is 14.2 Å². The summed E-state index contributed by atoms with van der Waals surface area (Å²) in [5.74, 6) is -1.35. The Balaban J connectivity index is 4.47. The average molecular weight is 373 g/mol. The highest BCUT2D eigenvalue weighted by Crippen LogP contribution is 2.23. The van der Waals surface area contributed by atoms with E-state index in [1.54, 1.807) is 20.8 Å². The molecule has 0 aromatic rings. The van der Waals surface area contributed by atoms with E-state index >= 15 is 0 Å². The van der Waals surface area contributed by atoms with Crippen LogP contribution < -0.4 is 0 Å². The molecule has 0 fully saturated rings. The number of hydrogen-bond donors (Lipinski definition) is 0. The summed E-state index contributed by atoms with van der Waals surface area (Å²) in [5, 5.41) is 0. The second-order valence-corrected chi connectivity index (χ2v) is 8.46. The molecule has 0 N–H and O–H groups in total. The van der Waals surface area contributed by atoms with E-state index in [0.717, 1.165) is 6.42 Å². The first-order chi connectivity index (χ1) is 11.9. The molecule has 0 saturated carbocycles. The van der Waals surface area contributed by atoms with Crippen LogP contribution in [0.1, 0.15) is 68.2 Å². The first-order valence-electron chi connectivity index (χ1n) is 9.36. The molecule has 0 amide bonds. The molecular weight excluding hydrogens is 336 g/mol. The van der Waals surface area contributed by atoms with Crippen molar-refractivity contribution in [3.63, 3.8) is 0 Å². The van der Waals surface area contributed by atoms with E-state index in [1.807, 2.05) is 34.6 Å². The van der Waals surface area contributed by atoms with Gasteiger partial charge in [-0.1, -0.05) is 41.5 Å². The quantitative estimate of drug-likeness (QED) is 0.406. The molecule has 0 aromatic heterocycles. The van der Waals surface area contributed by atoms with E-state index in [4.69, 9.17) is 14.2 Å². The Labute approximate surface area is 157 Å². The maximum atomic E-state index is 12.3. The van der Waals surface area contributed by atoms with Crippen molar-refractivity contribution in [3.05, 3.63) is 0 Å². The topological polar surface area (TPSA) is 78.9 Å². The molecule has 0 rings (SSSR count). The number of carbonyl (C=O) groups is 3. The van der Waals surface area contributed by atoms with Gasteiger partial charge in [0.05, 0.1) is 30.5 Å². The minimum atomic E-state index is -0.938. The zero-order valence-corrected chi connectivity index (χ0v) is 17.6. The van der Waals surface area contributed by atoms with Crippen LogP contribution in [0, 0.1) is 22.7 Å². The predicted molar refractivity (Wildman–Crippen MR) is 99.3 cm³/mol. The largest absolute Gasteiger partial charge is 0.465 e. The van der Waals surface area contributed by atoms with Gasteiger partial charge in [-0.25, -0.2) is 0 Å². The molecule has 2 unspecified atom stereocenters. The summed E-state index contributed by atoms with van der Waals surface area (Å²) >= 11 is 0. The molecule has 0 saturated heterocycles. The van der Waals surface area contributed by atoms with Crippen LogP contribution in [0.4, 0.5) is 0 Å². The van der Waals surface area contributed by atoms with E-state index in [-0.39, 0.29) is 43.6 Å². The van der Waals surface area contributed by atoms with Crippen LogP contribution in [0.5, 0.6) is 0 Å². The van der Waals surface area contributed by atoms with Crippen LogP contribution in [0.15, 0.2) is 0 Å². The molecule has 0 aliphatic carbocycles. The second-order valence-electron chi connectivity index (χ2n) is 8.46. The number of hydrogen-bond acceptors (Lipinski definition) is 6. The molecule has 2 atom stereocenters. The van der Waals surface area contributed by atoms with Crippen LogP contribution in [-0.2, 0) is 28.6 Å². The van der Waals surface area contributed by atoms with Crippen molar-refractivity contribution < 1.29 is 28.6 Å². The Hall–Kier alpha value is -1.59. The molecule has 26 heavy (non-hydrogen) atoms. The zero-order chi connectivity index (χ0) is 20.5. The maximum Gasteiger partial charge on any atom is 0.315 e. The predicted octanol–water partition coefficient (Wildman–Crippen LogP) is 3.76. The smallest absolute Gasteiger partial charge is 0.315 e. The van der Waals surface area contributed by atoms with Crippen molar-refractivity contribution in [2.75, 3.05) is 19.8 Å². The van der Waals surface area contributed by atoms with Crippen LogP contribution >= 0.6 is 0 Å². The number of esters is 3. The van der Waals surface area contributed by atoms with E-state index in [9.17, 15) is 14.4 Å². The van der Waals surface area contributed by atoms with Gasteiger partial charge in [-0.15, -0.1) is 0 Å². The molecule has 152 valence electrons. The summed E-state index contributed by atoms with van der Waals surface area (Å²) in [7, 11) is 0. The summed E-state index contributed by atoms with van der Waals surface area (Å²) in [6, 6.07) is 0. The molecular formula is C20H36O6. The standard InChI is InChI=1S/C20H36O6/c1-9-14(3)16(21)24-11-19(5,6)12-26-18(23)20(7,8)13-25-17(22)15(4)10-2/h14-15H,9-13H2,1-8H3. The number of rotatable bonds is 11. The van der Waals surface area contributed by atoms with Crippen LogP contribution in [0.2, 0.25) is 0 Å². The Morgan fingerprint density at radius 1 is 0.731 bits per heavy atom. The molecule has 6 heteroatoms. The summed E-state index contributed by atoms with van der Waals surface area (Å²) in [6.45, 7) is 14.8. The first kappa shape index (κ1) is 24.4. The molecule has 0 heterocycles. The molecule has 0 bridgehead atoms. The fourth-order valence-electron chi connectivity index (χ4n) is 1.69. The third-order valence-electron chi connectivity index (χ3n) is 4.36. The lowest BCUT2D eigenvalue weighted by molar-refractivity contribution is -0.167. The third kappa shape index (κ3) is 8.68. The maximum absolute atomic E-state index is 12.3. The van der Waals surface area contributed by atoms with Gasteiger partial charge in [-0.2, -0.15) is 0 Å². The lowest BCUT2D eigenvalue weighted by atomic mass is 9.93.